The van der Waals surface area contributed by atoms with Crippen LogP contribution in [0.4, 0.5) is 4.79 Å². The van der Waals surface area contributed by atoms with E-state index in [1.807, 2.05) is 0 Å². The molecule has 1 aromatic rings. The van der Waals surface area contributed by atoms with Gasteiger partial charge in [0.05, 0.1) is 13.0 Å². The number of esters is 1. The van der Waals surface area contributed by atoms with Crippen molar-refractivity contribution in [3.63, 3.8) is 0 Å². The van der Waals surface area contributed by atoms with Crippen LogP contribution < -0.4 is 10.6 Å². The predicted molar refractivity (Wildman–Crippen MR) is 118 cm³/mol. The van der Waals surface area contributed by atoms with Gasteiger partial charge in [0.2, 0.25) is 11.8 Å². The van der Waals surface area contributed by atoms with E-state index in [0.29, 0.717) is 11.1 Å². The molecule has 0 heterocycles. The van der Waals surface area contributed by atoms with Crippen LogP contribution in [0.15, 0.2) is 24.3 Å². The molecule has 2 N–H and O–H groups in total. The number of likely N-dealkylation sites (N-methyl/N-ethyl adjacent to an activating group) is 1. The predicted octanol–water partition coefficient (Wildman–Crippen LogP) is 1.76. The first-order chi connectivity index (χ1) is 15.0. The third-order valence-electron chi connectivity index (χ3n) is 4.14. The van der Waals surface area contributed by atoms with Crippen molar-refractivity contribution in [2.45, 2.75) is 45.8 Å². The van der Waals surface area contributed by atoms with Gasteiger partial charge in [-0.15, -0.1) is 6.42 Å². The molecule has 1 unspecified atom stereocenters. The molecule has 0 bridgehead atoms. The number of hydrogen-bond acceptors (Lipinski definition) is 6. The average molecular weight is 446 g/mol. The molecule has 0 saturated carbocycles. The van der Waals surface area contributed by atoms with Crippen LogP contribution >= 0.6 is 0 Å². The number of alkyl carbamates (subject to hydrolysis) is 1. The Morgan fingerprint density at radius 1 is 1.12 bits per heavy atom. The third-order valence-corrected chi connectivity index (χ3v) is 4.14. The van der Waals surface area contributed by atoms with E-state index in [9.17, 15) is 19.2 Å². The number of ether oxygens (including phenoxy) is 2. The molecule has 0 radical (unpaired) electrons. The lowest BCUT2D eigenvalue weighted by Gasteiger charge is -2.28. The number of terminal acetylenes is 1. The van der Waals surface area contributed by atoms with Crippen molar-refractivity contribution < 1.29 is 28.7 Å². The molecular weight excluding hydrogens is 414 g/mol. The van der Waals surface area contributed by atoms with Crippen molar-refractivity contribution in [1.29, 1.82) is 0 Å². The van der Waals surface area contributed by atoms with Gasteiger partial charge in [-0.2, -0.15) is 0 Å². The lowest BCUT2D eigenvalue weighted by Crippen LogP contribution is -2.46. The number of benzene rings is 1. The highest BCUT2D eigenvalue weighted by Gasteiger charge is 2.29. The van der Waals surface area contributed by atoms with Crippen molar-refractivity contribution >= 4 is 23.9 Å². The first kappa shape index (κ1) is 26.5. The number of carbonyl (C=O) groups is 4. The maximum Gasteiger partial charge on any atom is 0.408 e. The van der Waals surface area contributed by atoms with Crippen molar-refractivity contribution in [2.75, 3.05) is 26.7 Å². The molecule has 0 aliphatic rings. The number of rotatable bonds is 9. The summed E-state index contributed by atoms with van der Waals surface area (Å²) in [4.78, 5) is 50.2. The monoisotopic (exact) mass is 445 g/mol. The summed E-state index contributed by atoms with van der Waals surface area (Å²) in [6, 6.07) is 5.61. The van der Waals surface area contributed by atoms with E-state index in [-0.39, 0.29) is 26.1 Å². The molecule has 9 nitrogen and oxygen atoms in total. The maximum atomic E-state index is 12.9. The van der Waals surface area contributed by atoms with Crippen LogP contribution in [0.25, 0.3) is 0 Å². The lowest BCUT2D eigenvalue weighted by atomic mass is 10.0. The molecular formula is C23H31N3O6. The Morgan fingerprint density at radius 2 is 1.75 bits per heavy atom. The SMILES string of the molecule is C#Cc1ccc(C(C(=O)NCCC(=O)OCC)N(C)C(=O)CNC(=O)OC(C)(C)C)cc1. The van der Waals surface area contributed by atoms with Crippen molar-refractivity contribution in [3.8, 4) is 12.3 Å². The fourth-order valence-corrected chi connectivity index (χ4v) is 2.66. The van der Waals surface area contributed by atoms with Gasteiger partial charge >= 0.3 is 12.1 Å². The van der Waals surface area contributed by atoms with Gasteiger partial charge in [0, 0.05) is 19.2 Å². The second-order valence-electron chi connectivity index (χ2n) is 7.88. The molecule has 1 atom stereocenters. The van der Waals surface area contributed by atoms with Crippen LogP contribution in [0, 0.1) is 12.3 Å². The highest BCUT2D eigenvalue weighted by molar-refractivity contribution is 5.90. The summed E-state index contributed by atoms with van der Waals surface area (Å²) in [6.45, 7) is 6.75. The summed E-state index contributed by atoms with van der Waals surface area (Å²) < 4.78 is 9.96. The fourth-order valence-electron chi connectivity index (χ4n) is 2.66. The van der Waals surface area contributed by atoms with Crippen molar-refractivity contribution in [1.82, 2.24) is 15.5 Å². The van der Waals surface area contributed by atoms with E-state index in [4.69, 9.17) is 15.9 Å². The summed E-state index contributed by atoms with van der Waals surface area (Å²) in [5.74, 6) is 1.05. The molecule has 9 heteroatoms. The quantitative estimate of drug-likeness (QED) is 0.442. The third kappa shape index (κ3) is 9.08. The van der Waals surface area contributed by atoms with Crippen LogP contribution in [-0.4, -0.2) is 61.1 Å². The maximum absolute atomic E-state index is 12.9. The molecule has 0 spiro atoms. The molecule has 174 valence electrons. The Labute approximate surface area is 188 Å². The van der Waals surface area contributed by atoms with Gasteiger partial charge in [-0.05, 0) is 45.4 Å². The molecule has 3 amide bonds. The van der Waals surface area contributed by atoms with E-state index in [2.05, 4.69) is 16.6 Å². The standard InChI is InChI=1S/C23H31N3O6/c1-7-16-9-11-17(12-10-16)20(21(29)24-14-13-19(28)31-8-2)26(6)18(27)15-25-22(30)32-23(3,4)5/h1,9-12,20H,8,13-15H2,2-6H3,(H,24,29)(H,25,30). The van der Waals surface area contributed by atoms with Crippen LogP contribution in [-0.2, 0) is 23.9 Å². The normalized spacial score (nSPS) is 11.5. The Kier molecular flexibility index (Phi) is 10.2. The van der Waals surface area contributed by atoms with Gasteiger partial charge in [0.15, 0.2) is 0 Å². The fraction of sp³-hybridized carbons (Fsp3) is 0.478. The van der Waals surface area contributed by atoms with E-state index in [1.54, 1.807) is 52.0 Å². The molecule has 1 aromatic carbocycles. The Bertz CT molecular complexity index is 852. The molecule has 1 rings (SSSR count). The highest BCUT2D eigenvalue weighted by Crippen LogP contribution is 2.21. The lowest BCUT2D eigenvalue weighted by molar-refractivity contribution is -0.143. The average Bonchev–Trinajstić information content (AvgIpc) is 2.71. The Morgan fingerprint density at radius 3 is 2.28 bits per heavy atom. The summed E-state index contributed by atoms with van der Waals surface area (Å²) in [5, 5.41) is 5.03. The van der Waals surface area contributed by atoms with Crippen molar-refractivity contribution in [3.05, 3.63) is 35.4 Å². The number of nitrogens with one attached hydrogen (secondary N) is 2. The van der Waals surface area contributed by atoms with Gasteiger partial charge in [0.25, 0.3) is 0 Å². The summed E-state index contributed by atoms with van der Waals surface area (Å²) in [7, 11) is 1.45. The van der Waals surface area contributed by atoms with E-state index < -0.39 is 35.5 Å². The number of hydrogen-bond donors (Lipinski definition) is 2. The topological polar surface area (TPSA) is 114 Å². The number of carbonyl (C=O) groups excluding carboxylic acids is 4. The summed E-state index contributed by atoms with van der Waals surface area (Å²) in [5.41, 5.74) is 0.431. The van der Waals surface area contributed by atoms with E-state index in [1.165, 1.54) is 11.9 Å². The minimum Gasteiger partial charge on any atom is -0.466 e. The van der Waals surface area contributed by atoms with Crippen molar-refractivity contribution in [2.24, 2.45) is 0 Å². The first-order valence-corrected chi connectivity index (χ1v) is 10.2. The molecule has 0 saturated heterocycles. The van der Waals surface area contributed by atoms with Crippen LogP contribution in [0.2, 0.25) is 0 Å². The Hall–Kier alpha value is -3.54. The largest absolute Gasteiger partial charge is 0.466 e. The van der Waals surface area contributed by atoms with Gasteiger partial charge in [0.1, 0.15) is 18.2 Å². The molecule has 0 aliphatic heterocycles. The van der Waals surface area contributed by atoms with E-state index in [0.717, 1.165) is 0 Å². The molecule has 32 heavy (non-hydrogen) atoms. The van der Waals surface area contributed by atoms with Gasteiger partial charge in [-0.25, -0.2) is 4.79 Å². The van der Waals surface area contributed by atoms with Gasteiger partial charge < -0.3 is 25.0 Å². The summed E-state index contributed by atoms with van der Waals surface area (Å²) >= 11 is 0. The first-order valence-electron chi connectivity index (χ1n) is 10.2. The molecule has 0 aliphatic carbocycles. The van der Waals surface area contributed by atoms with Crippen LogP contribution in [0.1, 0.15) is 51.3 Å². The van der Waals surface area contributed by atoms with Crippen LogP contribution in [0.3, 0.4) is 0 Å². The van der Waals surface area contributed by atoms with Gasteiger partial charge in [-0.3, -0.25) is 14.4 Å². The number of nitrogens with zero attached hydrogens (tertiary/aromatic N) is 1. The molecule has 0 fully saturated rings. The second kappa shape index (κ2) is 12.3. The minimum absolute atomic E-state index is 0.000190. The zero-order valence-electron chi connectivity index (χ0n) is 19.2. The van der Waals surface area contributed by atoms with Crippen LogP contribution in [0.5, 0.6) is 0 Å². The van der Waals surface area contributed by atoms with Gasteiger partial charge in [-0.1, -0.05) is 18.1 Å². The highest BCUT2D eigenvalue weighted by atomic mass is 16.6. The minimum atomic E-state index is -1.00. The zero-order valence-corrected chi connectivity index (χ0v) is 19.2. The van der Waals surface area contributed by atoms with E-state index >= 15 is 0 Å². The Balaban J connectivity index is 2.92. The summed E-state index contributed by atoms with van der Waals surface area (Å²) in [6.07, 6.45) is 4.64. The molecule has 0 aromatic heterocycles. The zero-order chi connectivity index (χ0) is 24.3. The second-order valence-corrected chi connectivity index (χ2v) is 7.88. The number of amides is 3. The smallest absolute Gasteiger partial charge is 0.408 e.